The first-order chi connectivity index (χ1) is 9.20. The summed E-state index contributed by atoms with van der Waals surface area (Å²) in [6.45, 7) is 0. The lowest BCUT2D eigenvalue weighted by atomic mass is 10.2. The fraction of sp³-hybridized carbons (Fsp3) is 0. The Balaban J connectivity index is 1.91. The van der Waals surface area contributed by atoms with Crippen LogP contribution in [0.15, 0.2) is 52.3 Å². The smallest absolute Gasteiger partial charge is 0.323 e. The van der Waals surface area contributed by atoms with Crippen molar-refractivity contribution in [3.63, 3.8) is 0 Å². The normalized spacial score (nSPS) is 11.4. The van der Waals surface area contributed by atoms with Crippen molar-refractivity contribution >= 4 is 22.9 Å². The standard InChI is InChI=1S/C14H11N3O2/c18-11-4-1-9(2-5-11)8-15-10-3-6-12-13(7-10)17-14(19)16-12/h1-8,18H,(H2,16,17,19). The molecule has 5 nitrogen and oxygen atoms in total. The summed E-state index contributed by atoms with van der Waals surface area (Å²) in [6.07, 6.45) is 1.70. The molecule has 0 radical (unpaired) electrons. The molecular formula is C14H11N3O2. The van der Waals surface area contributed by atoms with Crippen LogP contribution in [0.1, 0.15) is 5.56 Å². The highest BCUT2D eigenvalue weighted by Crippen LogP contribution is 2.17. The first-order valence-electron chi connectivity index (χ1n) is 5.76. The van der Waals surface area contributed by atoms with Crippen LogP contribution in [0.5, 0.6) is 5.75 Å². The van der Waals surface area contributed by atoms with Crippen LogP contribution in [0.25, 0.3) is 11.0 Å². The van der Waals surface area contributed by atoms with Crippen molar-refractivity contribution in [1.29, 1.82) is 0 Å². The van der Waals surface area contributed by atoms with E-state index >= 15 is 0 Å². The number of phenols is 1. The third kappa shape index (κ3) is 2.40. The molecule has 3 rings (SSSR count). The second kappa shape index (κ2) is 4.45. The molecule has 3 N–H and O–H groups in total. The lowest BCUT2D eigenvalue weighted by Crippen LogP contribution is -1.99. The zero-order valence-corrected chi connectivity index (χ0v) is 9.92. The van der Waals surface area contributed by atoms with Crippen LogP contribution in [-0.2, 0) is 0 Å². The van der Waals surface area contributed by atoms with E-state index in [2.05, 4.69) is 15.0 Å². The third-order valence-corrected chi connectivity index (χ3v) is 2.76. The molecule has 0 aliphatic rings. The Morgan fingerprint density at radius 2 is 1.74 bits per heavy atom. The maximum Gasteiger partial charge on any atom is 0.323 e. The number of rotatable bonds is 2. The van der Waals surface area contributed by atoms with Crippen molar-refractivity contribution in [1.82, 2.24) is 9.97 Å². The van der Waals surface area contributed by atoms with E-state index in [0.29, 0.717) is 0 Å². The Labute approximate surface area is 108 Å². The van der Waals surface area contributed by atoms with E-state index in [9.17, 15) is 9.90 Å². The van der Waals surface area contributed by atoms with Gasteiger partial charge < -0.3 is 15.1 Å². The minimum Gasteiger partial charge on any atom is -0.508 e. The molecule has 1 aromatic heterocycles. The molecule has 0 fully saturated rings. The van der Waals surface area contributed by atoms with Gasteiger partial charge in [-0.1, -0.05) is 0 Å². The highest BCUT2D eigenvalue weighted by Gasteiger charge is 1.98. The van der Waals surface area contributed by atoms with Gasteiger partial charge in [0.15, 0.2) is 0 Å². The van der Waals surface area contributed by atoms with Crippen molar-refractivity contribution in [3.05, 3.63) is 58.5 Å². The van der Waals surface area contributed by atoms with Gasteiger partial charge in [0.25, 0.3) is 0 Å². The molecule has 5 heteroatoms. The molecule has 0 atom stereocenters. The number of H-pyrrole nitrogens is 2. The van der Waals surface area contributed by atoms with E-state index in [4.69, 9.17) is 0 Å². The zero-order chi connectivity index (χ0) is 13.2. The predicted octanol–water partition coefficient (Wildman–Crippen LogP) is 2.31. The number of imidazole rings is 1. The van der Waals surface area contributed by atoms with E-state index in [1.807, 2.05) is 6.07 Å². The van der Waals surface area contributed by atoms with E-state index in [-0.39, 0.29) is 11.4 Å². The number of aromatic amines is 2. The SMILES string of the molecule is O=c1[nH]c2ccc(N=Cc3ccc(O)cc3)cc2[nH]1. The summed E-state index contributed by atoms with van der Waals surface area (Å²) in [4.78, 5) is 20.8. The van der Waals surface area contributed by atoms with Crippen LogP contribution in [0.3, 0.4) is 0 Å². The molecular weight excluding hydrogens is 242 g/mol. The number of aromatic nitrogens is 2. The maximum absolute atomic E-state index is 11.1. The molecule has 0 bridgehead atoms. The highest BCUT2D eigenvalue weighted by molar-refractivity contribution is 5.84. The van der Waals surface area contributed by atoms with Gasteiger partial charge in [-0.2, -0.15) is 0 Å². The summed E-state index contributed by atoms with van der Waals surface area (Å²) in [6, 6.07) is 12.2. The van der Waals surface area contributed by atoms with Gasteiger partial charge in [0, 0.05) is 6.21 Å². The lowest BCUT2D eigenvalue weighted by molar-refractivity contribution is 0.475. The van der Waals surface area contributed by atoms with Crippen LogP contribution < -0.4 is 5.69 Å². The van der Waals surface area contributed by atoms with Crippen LogP contribution in [0, 0.1) is 0 Å². The maximum atomic E-state index is 11.1. The molecule has 19 heavy (non-hydrogen) atoms. The van der Waals surface area contributed by atoms with Crippen molar-refractivity contribution in [2.75, 3.05) is 0 Å². The second-order valence-electron chi connectivity index (χ2n) is 4.16. The minimum absolute atomic E-state index is 0.225. The van der Waals surface area contributed by atoms with Crippen molar-refractivity contribution in [2.24, 2.45) is 4.99 Å². The Morgan fingerprint density at radius 1 is 1.00 bits per heavy atom. The average molecular weight is 253 g/mol. The first kappa shape index (κ1) is 11.3. The Kier molecular flexibility index (Phi) is 2.64. The number of nitrogens with one attached hydrogen (secondary N) is 2. The van der Waals surface area contributed by atoms with Gasteiger partial charge in [-0.3, -0.25) is 4.99 Å². The highest BCUT2D eigenvalue weighted by atomic mass is 16.3. The third-order valence-electron chi connectivity index (χ3n) is 2.76. The summed E-state index contributed by atoms with van der Waals surface area (Å²) in [5, 5.41) is 9.18. The van der Waals surface area contributed by atoms with E-state index in [0.717, 1.165) is 22.3 Å². The fourth-order valence-electron chi connectivity index (χ4n) is 1.81. The first-order valence-corrected chi connectivity index (χ1v) is 5.76. The van der Waals surface area contributed by atoms with Crippen LogP contribution in [-0.4, -0.2) is 21.3 Å². The largest absolute Gasteiger partial charge is 0.508 e. The quantitative estimate of drug-likeness (QED) is 0.612. The van der Waals surface area contributed by atoms with Gasteiger partial charge in [-0.05, 0) is 48.0 Å². The van der Waals surface area contributed by atoms with Crippen LogP contribution in [0.2, 0.25) is 0 Å². The Morgan fingerprint density at radius 3 is 2.53 bits per heavy atom. The van der Waals surface area contributed by atoms with Gasteiger partial charge in [-0.15, -0.1) is 0 Å². The predicted molar refractivity (Wildman–Crippen MR) is 74.3 cm³/mol. The van der Waals surface area contributed by atoms with Gasteiger partial charge in [-0.25, -0.2) is 4.79 Å². The molecule has 0 aliphatic heterocycles. The van der Waals surface area contributed by atoms with Crippen molar-refractivity contribution in [3.8, 4) is 5.75 Å². The molecule has 94 valence electrons. The molecule has 3 aromatic rings. The number of aromatic hydroxyl groups is 1. The van der Waals surface area contributed by atoms with Gasteiger partial charge in [0.1, 0.15) is 5.75 Å². The van der Waals surface area contributed by atoms with Crippen molar-refractivity contribution in [2.45, 2.75) is 0 Å². The molecule has 0 unspecified atom stereocenters. The molecule has 0 aliphatic carbocycles. The second-order valence-corrected chi connectivity index (χ2v) is 4.16. The molecule has 0 saturated heterocycles. The summed E-state index contributed by atoms with van der Waals surface area (Å²) in [5.41, 5.74) is 2.89. The summed E-state index contributed by atoms with van der Waals surface area (Å²) in [5.74, 6) is 0.225. The number of fused-ring (bicyclic) bond motifs is 1. The molecule has 0 amide bonds. The lowest BCUT2D eigenvalue weighted by Gasteiger charge is -1.95. The summed E-state index contributed by atoms with van der Waals surface area (Å²) in [7, 11) is 0. The van der Waals surface area contributed by atoms with Gasteiger partial charge in [0.2, 0.25) is 0 Å². The number of hydrogen-bond donors (Lipinski definition) is 3. The van der Waals surface area contributed by atoms with E-state index in [1.165, 1.54) is 0 Å². The number of hydrogen-bond acceptors (Lipinski definition) is 3. The number of phenolic OH excluding ortho intramolecular Hbond substituents is 1. The molecule has 0 saturated carbocycles. The number of benzene rings is 2. The Hall–Kier alpha value is -2.82. The zero-order valence-electron chi connectivity index (χ0n) is 9.92. The van der Waals surface area contributed by atoms with Crippen LogP contribution in [0.4, 0.5) is 5.69 Å². The van der Waals surface area contributed by atoms with Crippen LogP contribution >= 0.6 is 0 Å². The fourth-order valence-corrected chi connectivity index (χ4v) is 1.81. The summed E-state index contributed by atoms with van der Waals surface area (Å²) >= 11 is 0. The molecule has 1 heterocycles. The molecule has 2 aromatic carbocycles. The Bertz CT molecular complexity index is 797. The van der Waals surface area contributed by atoms with Crippen molar-refractivity contribution < 1.29 is 5.11 Å². The molecule has 0 spiro atoms. The van der Waals surface area contributed by atoms with Gasteiger partial charge >= 0.3 is 5.69 Å². The average Bonchev–Trinajstić information content (AvgIpc) is 2.77. The van der Waals surface area contributed by atoms with E-state index < -0.39 is 0 Å². The monoisotopic (exact) mass is 253 g/mol. The number of aliphatic imine (C=N–C) groups is 1. The minimum atomic E-state index is -0.227. The van der Waals surface area contributed by atoms with E-state index in [1.54, 1.807) is 42.6 Å². The van der Waals surface area contributed by atoms with Gasteiger partial charge in [0.05, 0.1) is 16.7 Å². The summed E-state index contributed by atoms with van der Waals surface area (Å²) < 4.78 is 0. The topological polar surface area (TPSA) is 81.2 Å². The number of nitrogens with zero attached hydrogens (tertiary/aromatic N) is 1.